The largest absolute Gasteiger partial charge is 0.371 e. The van der Waals surface area contributed by atoms with Gasteiger partial charge >= 0.3 is 0 Å². The Labute approximate surface area is 233 Å². The highest BCUT2D eigenvalue weighted by molar-refractivity contribution is 8.26. The lowest BCUT2D eigenvalue weighted by Gasteiger charge is -2.20. The maximum atomic E-state index is 13.4. The van der Waals surface area contributed by atoms with Crippen molar-refractivity contribution in [2.45, 2.75) is 39.7 Å². The molecule has 1 N–H and O–H groups in total. The van der Waals surface area contributed by atoms with Crippen molar-refractivity contribution in [2.24, 2.45) is 0 Å². The third-order valence-electron chi connectivity index (χ3n) is 6.49. The van der Waals surface area contributed by atoms with Gasteiger partial charge in [0.05, 0.1) is 4.91 Å². The molecular formula is C30H30N4O2S2. The molecule has 0 aliphatic carbocycles. The molecule has 8 heteroatoms. The fourth-order valence-electron chi connectivity index (χ4n) is 4.47. The molecule has 0 bridgehead atoms. The van der Waals surface area contributed by atoms with Gasteiger partial charge in [0.25, 0.3) is 11.5 Å². The van der Waals surface area contributed by atoms with Crippen molar-refractivity contribution in [3.63, 3.8) is 0 Å². The maximum absolute atomic E-state index is 13.4. The number of amides is 1. The predicted molar refractivity (Wildman–Crippen MR) is 159 cm³/mol. The Morgan fingerprint density at radius 3 is 2.24 bits per heavy atom. The van der Waals surface area contributed by atoms with Crippen molar-refractivity contribution < 1.29 is 4.79 Å². The number of nitriles is 1. The number of nitrogens with zero attached hydrogens (tertiary/aromatic N) is 3. The second-order valence-corrected chi connectivity index (χ2v) is 10.7. The Morgan fingerprint density at radius 2 is 1.63 bits per heavy atom. The van der Waals surface area contributed by atoms with Gasteiger partial charge in [-0.05, 0) is 49.0 Å². The summed E-state index contributed by atoms with van der Waals surface area (Å²) in [5.74, 6) is 0.469. The third kappa shape index (κ3) is 6.07. The van der Waals surface area contributed by atoms with Gasteiger partial charge in [0, 0.05) is 25.2 Å². The molecule has 0 atom stereocenters. The number of nitrogens with one attached hydrogen (secondary N) is 1. The molecule has 6 nitrogen and oxygen atoms in total. The van der Waals surface area contributed by atoms with Crippen LogP contribution in [0.1, 0.15) is 41.2 Å². The summed E-state index contributed by atoms with van der Waals surface area (Å²) in [5, 5.41) is 13.2. The van der Waals surface area contributed by atoms with Gasteiger partial charge in [-0.3, -0.25) is 19.1 Å². The number of thiocarbonyl (C=S) groups is 1. The average Bonchev–Trinajstić information content (AvgIpc) is 3.20. The van der Waals surface area contributed by atoms with Gasteiger partial charge in [-0.2, -0.15) is 5.26 Å². The standard InChI is InChI=1S/C30H30N4O2S2/c1-3-17-33-27(32-16-14-22-10-6-4-7-11-22)24(21(2)25(20-31)28(33)35)19-26-29(36)34(30(37)38-26)18-15-23-12-8-5-9-13-23/h4-13,19,32H,3,14-18H2,1-2H3/b26-19+. The van der Waals surface area contributed by atoms with Crippen LogP contribution in [0.5, 0.6) is 0 Å². The van der Waals surface area contributed by atoms with E-state index in [0.717, 1.165) is 18.4 Å². The molecule has 1 aromatic heterocycles. The minimum absolute atomic E-state index is 0.0952. The molecule has 1 amide bonds. The summed E-state index contributed by atoms with van der Waals surface area (Å²) < 4.78 is 2.13. The number of hydrogen-bond acceptors (Lipinski definition) is 6. The summed E-state index contributed by atoms with van der Waals surface area (Å²) in [4.78, 5) is 28.7. The highest BCUT2D eigenvalue weighted by atomic mass is 32.2. The summed E-state index contributed by atoms with van der Waals surface area (Å²) in [7, 11) is 0. The maximum Gasteiger partial charge on any atom is 0.270 e. The first-order chi connectivity index (χ1) is 18.4. The van der Waals surface area contributed by atoms with Crippen LogP contribution in [0.2, 0.25) is 0 Å². The molecule has 3 aromatic rings. The number of hydrogen-bond donors (Lipinski definition) is 1. The molecule has 1 fully saturated rings. The van der Waals surface area contributed by atoms with Gasteiger partial charge in [-0.25, -0.2) is 0 Å². The lowest BCUT2D eigenvalue weighted by atomic mass is 10.0. The van der Waals surface area contributed by atoms with E-state index in [2.05, 4.69) is 23.5 Å². The van der Waals surface area contributed by atoms with E-state index in [1.807, 2.05) is 55.5 Å². The predicted octanol–water partition coefficient (Wildman–Crippen LogP) is 5.54. The molecular weight excluding hydrogens is 512 g/mol. The Balaban J connectivity index is 1.68. The number of benzene rings is 2. The summed E-state index contributed by atoms with van der Waals surface area (Å²) in [6.45, 7) is 5.30. The Morgan fingerprint density at radius 1 is 1.00 bits per heavy atom. The zero-order chi connectivity index (χ0) is 27.1. The smallest absolute Gasteiger partial charge is 0.270 e. The van der Waals surface area contributed by atoms with E-state index in [1.165, 1.54) is 17.3 Å². The van der Waals surface area contributed by atoms with Crippen LogP contribution in [0.4, 0.5) is 5.82 Å². The molecule has 2 heterocycles. The van der Waals surface area contributed by atoms with Gasteiger partial charge < -0.3 is 5.32 Å². The SMILES string of the molecule is CCCn1c(NCCc2ccccc2)c(/C=C2/SC(=S)N(CCc3ccccc3)C2=O)c(C)c(C#N)c1=O. The number of carbonyl (C=O) groups excluding carboxylic acids is 1. The van der Waals surface area contributed by atoms with Crippen molar-refractivity contribution >= 4 is 46.1 Å². The zero-order valence-electron chi connectivity index (χ0n) is 21.6. The van der Waals surface area contributed by atoms with E-state index in [0.29, 0.717) is 52.2 Å². The number of rotatable bonds is 10. The molecule has 2 aromatic carbocycles. The second kappa shape index (κ2) is 12.7. The van der Waals surface area contributed by atoms with Crippen LogP contribution in [-0.2, 0) is 24.2 Å². The van der Waals surface area contributed by atoms with E-state index < -0.39 is 0 Å². The van der Waals surface area contributed by atoms with Crippen LogP contribution >= 0.6 is 24.0 Å². The van der Waals surface area contributed by atoms with Gasteiger partial charge in [0.2, 0.25) is 0 Å². The fraction of sp³-hybridized carbons (Fsp3) is 0.267. The monoisotopic (exact) mass is 542 g/mol. The van der Waals surface area contributed by atoms with Crippen LogP contribution in [0.15, 0.2) is 70.4 Å². The number of pyridine rings is 1. The van der Waals surface area contributed by atoms with Crippen LogP contribution in [0.3, 0.4) is 0 Å². The lowest BCUT2D eigenvalue weighted by molar-refractivity contribution is -0.122. The van der Waals surface area contributed by atoms with Crippen LogP contribution in [0.25, 0.3) is 6.08 Å². The lowest BCUT2D eigenvalue weighted by Crippen LogP contribution is -2.30. The van der Waals surface area contributed by atoms with Crippen molar-refractivity contribution in [2.75, 3.05) is 18.4 Å². The summed E-state index contributed by atoms with van der Waals surface area (Å²) in [6.07, 6.45) is 3.98. The summed E-state index contributed by atoms with van der Waals surface area (Å²) in [6, 6.07) is 22.2. The average molecular weight is 543 g/mol. The number of carbonyl (C=O) groups is 1. The molecule has 38 heavy (non-hydrogen) atoms. The summed E-state index contributed by atoms with van der Waals surface area (Å²) >= 11 is 6.81. The zero-order valence-corrected chi connectivity index (χ0v) is 23.2. The van der Waals surface area contributed by atoms with Crippen molar-refractivity contribution in [1.29, 1.82) is 5.26 Å². The Bertz CT molecular complexity index is 1460. The molecule has 0 saturated carbocycles. The third-order valence-corrected chi connectivity index (χ3v) is 7.86. The van der Waals surface area contributed by atoms with E-state index in [1.54, 1.807) is 22.5 Å². The first-order valence-corrected chi connectivity index (χ1v) is 13.9. The molecule has 0 radical (unpaired) electrons. The van der Waals surface area contributed by atoms with Crippen LogP contribution in [-0.4, -0.2) is 32.8 Å². The summed E-state index contributed by atoms with van der Waals surface area (Å²) in [5.41, 5.74) is 3.32. The van der Waals surface area contributed by atoms with E-state index >= 15 is 0 Å². The van der Waals surface area contributed by atoms with Gasteiger partial charge in [-0.15, -0.1) is 0 Å². The van der Waals surface area contributed by atoms with Crippen molar-refractivity contribution in [3.8, 4) is 6.07 Å². The highest BCUT2D eigenvalue weighted by Gasteiger charge is 2.32. The van der Waals surface area contributed by atoms with Gasteiger partial charge in [0.15, 0.2) is 0 Å². The first-order valence-electron chi connectivity index (χ1n) is 12.7. The highest BCUT2D eigenvalue weighted by Crippen LogP contribution is 2.35. The minimum atomic E-state index is -0.318. The molecule has 4 rings (SSSR count). The van der Waals surface area contributed by atoms with E-state index in [-0.39, 0.29) is 17.0 Å². The van der Waals surface area contributed by atoms with E-state index in [9.17, 15) is 14.9 Å². The molecule has 194 valence electrons. The Kier molecular flexibility index (Phi) is 9.16. The molecule has 0 unspecified atom stereocenters. The van der Waals surface area contributed by atoms with E-state index in [4.69, 9.17) is 12.2 Å². The quantitative estimate of drug-likeness (QED) is 0.268. The Hall–Kier alpha value is -3.67. The second-order valence-electron chi connectivity index (χ2n) is 9.06. The van der Waals surface area contributed by atoms with Crippen molar-refractivity contribution in [3.05, 3.63) is 104 Å². The van der Waals surface area contributed by atoms with Gasteiger partial charge in [-0.1, -0.05) is 91.6 Å². The van der Waals surface area contributed by atoms with Gasteiger partial charge in [0.1, 0.15) is 21.8 Å². The fourth-order valence-corrected chi connectivity index (χ4v) is 5.76. The number of anilines is 1. The normalized spacial score (nSPS) is 14.2. The first kappa shape index (κ1) is 27.4. The van der Waals surface area contributed by atoms with Crippen LogP contribution < -0.4 is 10.9 Å². The minimum Gasteiger partial charge on any atom is -0.371 e. The molecule has 1 aliphatic rings. The van der Waals surface area contributed by atoms with Crippen molar-refractivity contribution in [1.82, 2.24) is 9.47 Å². The number of thioether (sulfide) groups is 1. The molecule has 1 aliphatic heterocycles. The topological polar surface area (TPSA) is 78.1 Å². The number of aromatic nitrogens is 1. The molecule has 0 spiro atoms. The van der Waals surface area contributed by atoms with Crippen LogP contribution in [0, 0.1) is 18.3 Å². The molecule has 1 saturated heterocycles.